The number of aliphatic carboxylic acids is 1. The van der Waals surface area contributed by atoms with Crippen LogP contribution >= 0.6 is 0 Å². The Bertz CT molecular complexity index is 859. The Labute approximate surface area is 145 Å². The Hall–Kier alpha value is -2.82. The summed E-state index contributed by atoms with van der Waals surface area (Å²) in [7, 11) is 0. The molecule has 2 aliphatic rings. The van der Waals surface area contributed by atoms with Gasteiger partial charge in [0.2, 0.25) is 0 Å². The van der Waals surface area contributed by atoms with Gasteiger partial charge in [-0.2, -0.15) is 0 Å². The summed E-state index contributed by atoms with van der Waals surface area (Å²) in [5.41, 5.74) is 5.67. The molecule has 0 unspecified atom stereocenters. The van der Waals surface area contributed by atoms with Gasteiger partial charge in [0.05, 0.1) is 12.1 Å². The summed E-state index contributed by atoms with van der Waals surface area (Å²) < 4.78 is 5.59. The number of rotatable bonds is 4. The highest BCUT2D eigenvalue weighted by Crippen LogP contribution is 2.37. The third-order valence-corrected chi connectivity index (χ3v) is 4.88. The summed E-state index contributed by atoms with van der Waals surface area (Å²) in [5, 5.41) is 8.88. The van der Waals surface area contributed by atoms with Gasteiger partial charge in [-0.15, -0.1) is 0 Å². The Morgan fingerprint density at radius 1 is 1.08 bits per heavy atom. The number of aryl methyl sites for hydroxylation is 2. The van der Waals surface area contributed by atoms with Gasteiger partial charge in [0.1, 0.15) is 5.75 Å². The van der Waals surface area contributed by atoms with Crippen molar-refractivity contribution in [2.45, 2.75) is 25.7 Å². The van der Waals surface area contributed by atoms with Crippen LogP contribution in [0.15, 0.2) is 36.4 Å². The van der Waals surface area contributed by atoms with Crippen LogP contribution < -0.4 is 9.64 Å². The lowest BCUT2D eigenvalue weighted by Gasteiger charge is -2.29. The number of fused-ring (bicyclic) bond motifs is 2. The monoisotopic (exact) mass is 337 g/mol. The molecule has 5 heteroatoms. The molecule has 0 saturated carbocycles. The second-order valence-electron chi connectivity index (χ2n) is 6.50. The van der Waals surface area contributed by atoms with Crippen molar-refractivity contribution < 1.29 is 19.4 Å². The predicted octanol–water partition coefficient (Wildman–Crippen LogP) is 3.04. The van der Waals surface area contributed by atoms with Crippen LogP contribution in [0.25, 0.3) is 11.1 Å². The van der Waals surface area contributed by atoms with Gasteiger partial charge in [0.25, 0.3) is 5.91 Å². The van der Waals surface area contributed by atoms with Crippen molar-refractivity contribution >= 4 is 17.6 Å². The van der Waals surface area contributed by atoms with E-state index in [4.69, 9.17) is 9.84 Å². The van der Waals surface area contributed by atoms with Crippen LogP contribution in [0.4, 0.5) is 5.69 Å². The number of carbonyl (C=O) groups excluding carboxylic acids is 1. The molecule has 0 aromatic heterocycles. The molecule has 128 valence electrons. The standard InChI is InChI=1S/C20H19NO4/c22-19-12-25-18-11-16(6-7-17(18)21(19)9-8-20(23)24)15-5-4-13-2-1-3-14(13)10-15/h4-7,10-11H,1-3,8-9,12H2,(H,23,24). The van der Waals surface area contributed by atoms with Crippen molar-refractivity contribution in [3.8, 4) is 16.9 Å². The van der Waals surface area contributed by atoms with Crippen LogP contribution in [-0.4, -0.2) is 30.1 Å². The van der Waals surface area contributed by atoms with Crippen LogP contribution in [0.1, 0.15) is 24.0 Å². The van der Waals surface area contributed by atoms with Crippen LogP contribution in [0.2, 0.25) is 0 Å². The van der Waals surface area contributed by atoms with Crippen molar-refractivity contribution in [3.63, 3.8) is 0 Å². The number of benzene rings is 2. The average molecular weight is 337 g/mol. The zero-order valence-corrected chi connectivity index (χ0v) is 13.8. The second kappa shape index (κ2) is 6.24. The van der Waals surface area contributed by atoms with E-state index in [1.54, 1.807) is 0 Å². The van der Waals surface area contributed by atoms with E-state index in [1.807, 2.05) is 18.2 Å². The van der Waals surface area contributed by atoms with Crippen molar-refractivity contribution in [2.75, 3.05) is 18.1 Å². The third-order valence-electron chi connectivity index (χ3n) is 4.88. The zero-order valence-electron chi connectivity index (χ0n) is 13.8. The maximum absolute atomic E-state index is 12.1. The van der Waals surface area contributed by atoms with E-state index in [0.717, 1.165) is 24.0 Å². The SMILES string of the molecule is O=C(O)CCN1C(=O)COc2cc(-c3ccc4c(c3)CCC4)ccc21. The summed E-state index contributed by atoms with van der Waals surface area (Å²) in [6, 6.07) is 12.3. The Balaban J connectivity index is 1.65. The smallest absolute Gasteiger partial charge is 0.305 e. The summed E-state index contributed by atoms with van der Waals surface area (Å²) in [4.78, 5) is 24.4. The maximum Gasteiger partial charge on any atom is 0.305 e. The minimum Gasteiger partial charge on any atom is -0.482 e. The predicted molar refractivity (Wildman–Crippen MR) is 94.0 cm³/mol. The van der Waals surface area contributed by atoms with Gasteiger partial charge in [0, 0.05) is 6.54 Å². The highest BCUT2D eigenvalue weighted by atomic mass is 16.5. The van der Waals surface area contributed by atoms with Gasteiger partial charge < -0.3 is 14.7 Å². The van der Waals surface area contributed by atoms with E-state index in [-0.39, 0.29) is 25.5 Å². The number of hydrogen-bond donors (Lipinski definition) is 1. The normalized spacial score (nSPS) is 15.5. The lowest BCUT2D eigenvalue weighted by Crippen LogP contribution is -2.40. The quantitative estimate of drug-likeness (QED) is 0.931. The molecule has 2 aromatic carbocycles. The van der Waals surface area contributed by atoms with Gasteiger partial charge in [-0.3, -0.25) is 9.59 Å². The van der Waals surface area contributed by atoms with Crippen LogP contribution in [0.3, 0.4) is 0 Å². The molecular formula is C20H19NO4. The molecule has 0 saturated heterocycles. The minimum absolute atomic E-state index is 0.0553. The Morgan fingerprint density at radius 3 is 2.68 bits per heavy atom. The van der Waals surface area contributed by atoms with Gasteiger partial charge in [-0.1, -0.05) is 24.3 Å². The van der Waals surface area contributed by atoms with Crippen molar-refractivity contribution in [2.24, 2.45) is 0 Å². The van der Waals surface area contributed by atoms with E-state index in [1.165, 1.54) is 22.4 Å². The number of carboxylic acid groups (broad SMARTS) is 1. The number of ether oxygens (including phenoxy) is 1. The fourth-order valence-corrected chi connectivity index (χ4v) is 3.59. The van der Waals surface area contributed by atoms with Gasteiger partial charge in [0.15, 0.2) is 6.61 Å². The van der Waals surface area contributed by atoms with Crippen molar-refractivity contribution in [3.05, 3.63) is 47.5 Å². The molecule has 1 amide bonds. The van der Waals surface area contributed by atoms with E-state index in [9.17, 15) is 9.59 Å². The van der Waals surface area contributed by atoms with Crippen LogP contribution in [-0.2, 0) is 22.4 Å². The molecule has 0 atom stereocenters. The molecule has 0 spiro atoms. The lowest BCUT2D eigenvalue weighted by atomic mass is 9.99. The molecule has 0 bridgehead atoms. The van der Waals surface area contributed by atoms with Crippen molar-refractivity contribution in [1.82, 2.24) is 0 Å². The first-order valence-electron chi connectivity index (χ1n) is 8.53. The summed E-state index contributed by atoms with van der Waals surface area (Å²) in [6.07, 6.45) is 3.41. The molecule has 2 aromatic rings. The number of hydrogen-bond acceptors (Lipinski definition) is 3. The molecule has 4 rings (SSSR count). The van der Waals surface area contributed by atoms with Crippen LogP contribution in [0.5, 0.6) is 5.75 Å². The highest BCUT2D eigenvalue weighted by Gasteiger charge is 2.26. The number of anilines is 1. The molecule has 1 aliphatic heterocycles. The summed E-state index contributed by atoms with van der Waals surface area (Å²) in [5.74, 6) is -0.502. The molecule has 0 fully saturated rings. The zero-order chi connectivity index (χ0) is 17.4. The Kier molecular flexibility index (Phi) is 3.92. The maximum atomic E-state index is 12.1. The molecule has 25 heavy (non-hydrogen) atoms. The molecule has 5 nitrogen and oxygen atoms in total. The van der Waals surface area contributed by atoms with E-state index < -0.39 is 5.97 Å². The molecule has 1 N–H and O–H groups in total. The first kappa shape index (κ1) is 15.7. The van der Waals surface area contributed by atoms with Gasteiger partial charge >= 0.3 is 5.97 Å². The number of nitrogens with zero attached hydrogens (tertiary/aromatic N) is 1. The van der Waals surface area contributed by atoms with E-state index >= 15 is 0 Å². The molecule has 1 aliphatic carbocycles. The number of carboxylic acids is 1. The lowest BCUT2D eigenvalue weighted by molar-refractivity contribution is -0.136. The Morgan fingerprint density at radius 2 is 1.84 bits per heavy atom. The average Bonchev–Trinajstić information content (AvgIpc) is 3.08. The topological polar surface area (TPSA) is 66.8 Å². The highest BCUT2D eigenvalue weighted by molar-refractivity contribution is 5.98. The molecule has 0 radical (unpaired) electrons. The van der Waals surface area contributed by atoms with Crippen LogP contribution in [0, 0.1) is 0 Å². The molecular weight excluding hydrogens is 318 g/mol. The number of carbonyl (C=O) groups is 2. The van der Waals surface area contributed by atoms with E-state index in [2.05, 4.69) is 18.2 Å². The summed E-state index contributed by atoms with van der Waals surface area (Å²) in [6.45, 7) is 0.100. The fraction of sp³-hybridized carbons (Fsp3) is 0.300. The van der Waals surface area contributed by atoms with Crippen molar-refractivity contribution in [1.29, 1.82) is 0 Å². The number of amides is 1. The van der Waals surface area contributed by atoms with Gasteiger partial charge in [-0.25, -0.2) is 0 Å². The van der Waals surface area contributed by atoms with Gasteiger partial charge in [-0.05, 0) is 53.6 Å². The third kappa shape index (κ3) is 2.97. The summed E-state index contributed by atoms with van der Waals surface area (Å²) >= 11 is 0. The second-order valence-corrected chi connectivity index (χ2v) is 6.50. The largest absolute Gasteiger partial charge is 0.482 e. The first-order valence-corrected chi connectivity index (χ1v) is 8.53. The first-order chi connectivity index (χ1) is 12.1. The minimum atomic E-state index is -0.921. The van der Waals surface area contributed by atoms with E-state index in [0.29, 0.717) is 11.4 Å². The molecule has 1 heterocycles. The fourth-order valence-electron chi connectivity index (χ4n) is 3.59.